The fourth-order valence-corrected chi connectivity index (χ4v) is 5.86. The highest BCUT2D eigenvalue weighted by Gasteiger charge is 2.38. The number of amides is 1. The number of carbonyl (C=O) groups is 1. The minimum atomic E-state index is -4.83. The number of alkyl halides is 3. The third kappa shape index (κ3) is 6.99. The number of hydrogen-bond acceptors (Lipinski definition) is 7. The SMILES string of the molecule is CC(c1cc2cc(Cl)ccc2o1)N1CCN(C(=O)CO[C@H]2CC[C@H](Nc3ccc([N+](=O)[O-])c(C(F)(F)F)c3)CC2)CC1. The molecule has 1 amide bonds. The Labute approximate surface area is 245 Å². The third-order valence-corrected chi connectivity index (χ3v) is 8.35. The minimum Gasteiger partial charge on any atom is -0.459 e. The molecule has 1 aliphatic carbocycles. The Morgan fingerprint density at radius 2 is 1.83 bits per heavy atom. The van der Waals surface area contributed by atoms with E-state index in [1.807, 2.05) is 23.1 Å². The number of carbonyl (C=O) groups excluding carboxylic acids is 1. The molecule has 2 aromatic carbocycles. The van der Waals surface area contributed by atoms with Gasteiger partial charge in [0.2, 0.25) is 5.91 Å². The maximum Gasteiger partial charge on any atom is 0.423 e. The Kier molecular flexibility index (Phi) is 8.95. The Morgan fingerprint density at radius 1 is 1.12 bits per heavy atom. The number of rotatable bonds is 8. The molecule has 13 heteroatoms. The number of nitro groups is 1. The van der Waals surface area contributed by atoms with Gasteiger partial charge in [-0.2, -0.15) is 13.2 Å². The van der Waals surface area contributed by atoms with Crippen LogP contribution < -0.4 is 5.32 Å². The van der Waals surface area contributed by atoms with E-state index < -0.39 is 22.4 Å². The van der Waals surface area contributed by atoms with Gasteiger partial charge in [-0.25, -0.2) is 0 Å². The molecule has 226 valence electrons. The van der Waals surface area contributed by atoms with E-state index in [0.717, 1.165) is 28.9 Å². The van der Waals surface area contributed by atoms with Gasteiger partial charge in [0, 0.05) is 54.4 Å². The molecule has 2 fully saturated rings. The quantitative estimate of drug-likeness (QED) is 0.225. The molecule has 3 aromatic rings. The minimum absolute atomic E-state index is 0.0139. The van der Waals surface area contributed by atoms with E-state index in [1.54, 1.807) is 6.07 Å². The molecule has 1 saturated carbocycles. The van der Waals surface area contributed by atoms with Crippen molar-refractivity contribution in [3.63, 3.8) is 0 Å². The fourth-order valence-electron chi connectivity index (χ4n) is 5.68. The van der Waals surface area contributed by atoms with Gasteiger partial charge in [-0.05, 0) is 69.0 Å². The van der Waals surface area contributed by atoms with Crippen LogP contribution in [0.2, 0.25) is 5.02 Å². The van der Waals surface area contributed by atoms with Crippen LogP contribution in [-0.4, -0.2) is 65.6 Å². The van der Waals surface area contributed by atoms with E-state index in [2.05, 4.69) is 17.1 Å². The predicted molar refractivity (Wildman–Crippen MR) is 152 cm³/mol. The second-order valence-electron chi connectivity index (χ2n) is 10.8. The standard InChI is InChI=1S/C29H32ClF3N4O5/c1-18(27-15-19-14-20(30)2-9-26(19)42-27)35-10-12-36(13-11-35)28(38)17-41-23-6-3-21(4-7-23)34-22-5-8-25(37(39)40)24(16-22)29(31,32)33/h2,5,8-9,14-16,18,21,23,34H,3-4,6-7,10-13,17H2,1H3/t18?,21-,23-. The largest absolute Gasteiger partial charge is 0.459 e. The number of hydrogen-bond donors (Lipinski definition) is 1. The van der Waals surface area contributed by atoms with Crippen molar-refractivity contribution in [2.75, 3.05) is 38.1 Å². The first kappa shape index (κ1) is 30.1. The van der Waals surface area contributed by atoms with E-state index >= 15 is 0 Å². The van der Waals surface area contributed by atoms with Crippen LogP contribution >= 0.6 is 11.6 Å². The lowest BCUT2D eigenvalue weighted by molar-refractivity contribution is -0.388. The van der Waals surface area contributed by atoms with Crippen molar-refractivity contribution in [1.29, 1.82) is 0 Å². The van der Waals surface area contributed by atoms with Gasteiger partial charge in [-0.3, -0.25) is 19.8 Å². The highest BCUT2D eigenvalue weighted by atomic mass is 35.5. The van der Waals surface area contributed by atoms with Crippen LogP contribution in [-0.2, 0) is 15.7 Å². The molecule has 2 aliphatic rings. The number of nitrogens with one attached hydrogen (secondary N) is 1. The molecular weight excluding hydrogens is 577 g/mol. The Balaban J connectivity index is 1.04. The fraction of sp³-hybridized carbons (Fsp3) is 0.483. The van der Waals surface area contributed by atoms with Crippen molar-refractivity contribution >= 4 is 39.9 Å². The molecule has 1 unspecified atom stereocenters. The van der Waals surface area contributed by atoms with Crippen molar-refractivity contribution in [1.82, 2.24) is 9.80 Å². The summed E-state index contributed by atoms with van der Waals surface area (Å²) in [5.74, 6) is 0.793. The second kappa shape index (κ2) is 12.5. The summed E-state index contributed by atoms with van der Waals surface area (Å²) >= 11 is 6.09. The lowest BCUT2D eigenvalue weighted by Crippen LogP contribution is -2.50. The smallest absolute Gasteiger partial charge is 0.423 e. The number of nitro benzene ring substituents is 1. The van der Waals surface area contributed by atoms with Crippen molar-refractivity contribution < 1.29 is 32.0 Å². The molecule has 1 atom stereocenters. The topological polar surface area (TPSA) is 101 Å². The summed E-state index contributed by atoms with van der Waals surface area (Å²) in [7, 11) is 0. The van der Waals surface area contributed by atoms with Gasteiger partial charge in [0.25, 0.3) is 5.69 Å². The van der Waals surface area contributed by atoms with E-state index in [0.29, 0.717) is 56.9 Å². The number of furan rings is 1. The molecule has 0 radical (unpaired) electrons. The monoisotopic (exact) mass is 608 g/mol. The number of ether oxygens (including phenoxy) is 1. The number of anilines is 1. The summed E-state index contributed by atoms with van der Waals surface area (Å²) in [5.41, 5.74) is -1.27. The third-order valence-electron chi connectivity index (χ3n) is 8.11. The summed E-state index contributed by atoms with van der Waals surface area (Å²) < 4.78 is 51.8. The van der Waals surface area contributed by atoms with E-state index in [-0.39, 0.29) is 36.4 Å². The first-order chi connectivity index (χ1) is 20.0. The van der Waals surface area contributed by atoms with Crippen LogP contribution in [0.5, 0.6) is 0 Å². The van der Waals surface area contributed by atoms with Crippen molar-refractivity contribution in [2.24, 2.45) is 0 Å². The summed E-state index contributed by atoms with van der Waals surface area (Å²) in [6, 6.07) is 10.5. The van der Waals surface area contributed by atoms with Crippen molar-refractivity contribution in [3.05, 3.63) is 68.9 Å². The zero-order valence-electron chi connectivity index (χ0n) is 23.0. The lowest BCUT2D eigenvalue weighted by Gasteiger charge is -2.37. The number of nitrogens with zero attached hydrogens (tertiary/aromatic N) is 3. The summed E-state index contributed by atoms with van der Waals surface area (Å²) in [6.45, 7) is 4.66. The van der Waals surface area contributed by atoms with Gasteiger partial charge >= 0.3 is 6.18 Å². The highest BCUT2D eigenvalue weighted by Crippen LogP contribution is 2.38. The predicted octanol–water partition coefficient (Wildman–Crippen LogP) is 6.66. The van der Waals surface area contributed by atoms with Crippen molar-refractivity contribution in [3.8, 4) is 0 Å². The molecule has 1 aliphatic heterocycles. The first-order valence-electron chi connectivity index (χ1n) is 13.9. The maximum absolute atomic E-state index is 13.3. The van der Waals surface area contributed by atoms with E-state index in [1.165, 1.54) is 6.07 Å². The summed E-state index contributed by atoms with van der Waals surface area (Å²) in [6.07, 6.45) is -2.36. The molecule has 42 heavy (non-hydrogen) atoms. The Hall–Kier alpha value is -3.35. The molecule has 0 bridgehead atoms. The van der Waals surface area contributed by atoms with Gasteiger partial charge in [0.15, 0.2) is 0 Å². The van der Waals surface area contributed by atoms with Crippen LogP contribution in [0.1, 0.15) is 50.0 Å². The molecule has 2 heterocycles. The zero-order chi connectivity index (χ0) is 30.0. The Morgan fingerprint density at radius 3 is 2.50 bits per heavy atom. The normalized spacial score (nSPS) is 20.9. The van der Waals surface area contributed by atoms with Gasteiger partial charge in [0.1, 0.15) is 23.5 Å². The molecule has 1 saturated heterocycles. The van der Waals surface area contributed by atoms with Crippen molar-refractivity contribution in [2.45, 2.75) is 57.0 Å². The first-order valence-corrected chi connectivity index (χ1v) is 14.3. The zero-order valence-corrected chi connectivity index (χ0v) is 23.8. The van der Waals surface area contributed by atoms with Crippen LogP contribution in [0.15, 0.2) is 46.9 Å². The second-order valence-corrected chi connectivity index (χ2v) is 11.3. The average molecular weight is 609 g/mol. The molecular formula is C29H32ClF3N4O5. The van der Waals surface area contributed by atoms with E-state index in [9.17, 15) is 28.1 Å². The summed E-state index contributed by atoms with van der Waals surface area (Å²) in [5, 5.41) is 15.7. The Bertz CT molecular complexity index is 1430. The number of fused-ring (bicyclic) bond motifs is 1. The van der Waals surface area contributed by atoms with Crippen LogP contribution in [0.3, 0.4) is 0 Å². The lowest BCUT2D eigenvalue weighted by atomic mass is 9.92. The number of halogens is 4. The number of benzene rings is 2. The molecule has 1 aromatic heterocycles. The maximum atomic E-state index is 13.3. The molecule has 1 N–H and O–H groups in total. The van der Waals surface area contributed by atoms with Crippen LogP contribution in [0.4, 0.5) is 24.5 Å². The molecule has 9 nitrogen and oxygen atoms in total. The highest BCUT2D eigenvalue weighted by molar-refractivity contribution is 6.31. The summed E-state index contributed by atoms with van der Waals surface area (Å²) in [4.78, 5) is 26.9. The molecule has 5 rings (SSSR count). The van der Waals surface area contributed by atoms with Gasteiger partial charge in [-0.1, -0.05) is 11.6 Å². The molecule has 0 spiro atoms. The van der Waals surface area contributed by atoms with Crippen LogP contribution in [0.25, 0.3) is 11.0 Å². The average Bonchev–Trinajstić information content (AvgIpc) is 3.39. The number of piperazine rings is 1. The van der Waals surface area contributed by atoms with Gasteiger partial charge in [-0.15, -0.1) is 0 Å². The van der Waals surface area contributed by atoms with E-state index in [4.69, 9.17) is 20.8 Å². The van der Waals surface area contributed by atoms with Gasteiger partial charge in [0.05, 0.1) is 17.1 Å². The van der Waals surface area contributed by atoms with Gasteiger partial charge < -0.3 is 19.4 Å². The van der Waals surface area contributed by atoms with Crippen LogP contribution in [0, 0.1) is 10.1 Å².